The monoisotopic (exact) mass is 415 g/mol. The highest BCUT2D eigenvalue weighted by Crippen LogP contribution is 2.33. The zero-order valence-corrected chi connectivity index (χ0v) is 16.4. The summed E-state index contributed by atoms with van der Waals surface area (Å²) in [7, 11) is 1.55. The van der Waals surface area contributed by atoms with Crippen LogP contribution in [0.5, 0.6) is 11.5 Å². The maximum atomic E-state index is 14.6. The Morgan fingerprint density at radius 1 is 1.30 bits per heavy atom. The van der Waals surface area contributed by atoms with E-state index in [0.29, 0.717) is 17.7 Å². The summed E-state index contributed by atoms with van der Waals surface area (Å²) in [4.78, 5) is 12.2. The van der Waals surface area contributed by atoms with E-state index < -0.39 is 11.9 Å². The number of nitrogens with zero attached hydrogens (tertiary/aromatic N) is 1. The molecule has 0 unspecified atom stereocenters. The molecule has 0 aliphatic heterocycles. The van der Waals surface area contributed by atoms with E-state index >= 15 is 0 Å². The number of benzene rings is 2. The van der Waals surface area contributed by atoms with E-state index in [0.717, 1.165) is 11.6 Å². The van der Waals surface area contributed by atoms with Gasteiger partial charge in [0, 0.05) is 36.4 Å². The summed E-state index contributed by atoms with van der Waals surface area (Å²) >= 11 is 0. The molecule has 3 N–H and O–H groups in total. The summed E-state index contributed by atoms with van der Waals surface area (Å²) in [5.41, 5.74) is 1.66. The van der Waals surface area contributed by atoms with Crippen molar-refractivity contribution in [1.29, 1.82) is 0 Å². The van der Waals surface area contributed by atoms with Crippen molar-refractivity contribution in [2.75, 3.05) is 25.6 Å². The quantitative estimate of drug-likeness (QED) is 0.460. The predicted octanol–water partition coefficient (Wildman–Crippen LogP) is 3.73. The predicted molar refractivity (Wildman–Crippen MR) is 108 cm³/mol. The van der Waals surface area contributed by atoms with Crippen LogP contribution in [0.15, 0.2) is 48.8 Å². The van der Waals surface area contributed by atoms with Crippen molar-refractivity contribution >= 4 is 11.8 Å². The van der Waals surface area contributed by atoms with Gasteiger partial charge in [-0.3, -0.25) is 10.4 Å². The van der Waals surface area contributed by atoms with Crippen LogP contribution in [-0.2, 0) is 11.3 Å². The second-order valence-electron chi connectivity index (χ2n) is 6.29. The van der Waals surface area contributed by atoms with Crippen molar-refractivity contribution in [2.24, 2.45) is 0 Å². The van der Waals surface area contributed by atoms with Gasteiger partial charge in [-0.25, -0.2) is 9.18 Å². The molecule has 0 fully saturated rings. The summed E-state index contributed by atoms with van der Waals surface area (Å²) in [6.07, 6.45) is 2.65. The molecule has 0 aliphatic rings. The second-order valence-corrected chi connectivity index (χ2v) is 6.29. The molecule has 0 atom stereocenters. The van der Waals surface area contributed by atoms with Crippen LogP contribution in [0.25, 0.3) is 11.1 Å². The molecule has 0 aliphatic carbocycles. The Bertz CT molecular complexity index is 979. The third kappa shape index (κ3) is 5.48. The number of rotatable bonds is 9. The van der Waals surface area contributed by atoms with Gasteiger partial charge in [0.05, 0.1) is 25.6 Å². The molecule has 8 nitrogen and oxygen atoms in total. The number of H-pyrrole nitrogens is 1. The van der Waals surface area contributed by atoms with Crippen molar-refractivity contribution in [3.8, 4) is 22.6 Å². The molecule has 1 heterocycles. The first kappa shape index (κ1) is 21.1. The van der Waals surface area contributed by atoms with E-state index in [1.54, 1.807) is 37.6 Å². The molecule has 0 bridgehead atoms. The van der Waals surface area contributed by atoms with Crippen molar-refractivity contribution in [2.45, 2.75) is 13.0 Å². The molecule has 9 heteroatoms. The van der Waals surface area contributed by atoms with Gasteiger partial charge in [0.15, 0.2) is 0 Å². The van der Waals surface area contributed by atoms with Gasteiger partial charge >= 0.3 is 6.09 Å². The number of aliphatic hydroxyl groups is 1. The molecule has 30 heavy (non-hydrogen) atoms. The van der Waals surface area contributed by atoms with E-state index in [9.17, 15) is 9.18 Å². The number of carbonyl (C=O) groups is 1. The van der Waals surface area contributed by atoms with Crippen LogP contribution >= 0.6 is 0 Å². The fourth-order valence-corrected chi connectivity index (χ4v) is 2.69. The van der Waals surface area contributed by atoms with Crippen molar-refractivity contribution in [1.82, 2.24) is 10.2 Å². The normalized spacial score (nSPS) is 10.5. The van der Waals surface area contributed by atoms with Gasteiger partial charge in [0.2, 0.25) is 0 Å². The van der Waals surface area contributed by atoms with Crippen molar-refractivity contribution in [3.05, 3.63) is 60.2 Å². The Balaban J connectivity index is 1.74. The first-order chi connectivity index (χ1) is 14.6. The Hall–Kier alpha value is -3.59. The minimum Gasteiger partial charge on any atom is -0.497 e. The highest BCUT2D eigenvalue weighted by Gasteiger charge is 2.16. The van der Waals surface area contributed by atoms with Crippen LogP contribution in [0.2, 0.25) is 0 Å². The van der Waals surface area contributed by atoms with Crippen LogP contribution in [0.4, 0.5) is 14.9 Å². The van der Waals surface area contributed by atoms with Gasteiger partial charge < -0.3 is 19.3 Å². The lowest BCUT2D eigenvalue weighted by molar-refractivity contribution is 0.154. The van der Waals surface area contributed by atoms with Gasteiger partial charge in [0.25, 0.3) is 0 Å². The molecule has 3 rings (SSSR count). The van der Waals surface area contributed by atoms with Crippen molar-refractivity contribution < 1.29 is 28.5 Å². The van der Waals surface area contributed by atoms with E-state index in [1.165, 1.54) is 12.3 Å². The van der Waals surface area contributed by atoms with Gasteiger partial charge in [-0.1, -0.05) is 12.1 Å². The molecule has 158 valence electrons. The number of ether oxygens (including phenoxy) is 3. The zero-order chi connectivity index (χ0) is 21.3. The fraction of sp³-hybridized carbons (Fsp3) is 0.238. The lowest BCUT2D eigenvalue weighted by Crippen LogP contribution is -2.15. The highest BCUT2D eigenvalue weighted by atomic mass is 19.1. The topological polar surface area (TPSA) is 106 Å². The zero-order valence-electron chi connectivity index (χ0n) is 16.4. The molecule has 3 aromatic rings. The van der Waals surface area contributed by atoms with E-state index in [2.05, 4.69) is 15.5 Å². The number of amides is 1. The molecule has 1 amide bonds. The number of aromatic amines is 1. The largest absolute Gasteiger partial charge is 0.497 e. The van der Waals surface area contributed by atoms with Gasteiger partial charge in [-0.15, -0.1) is 0 Å². The summed E-state index contributed by atoms with van der Waals surface area (Å²) in [6, 6.07) is 9.73. The van der Waals surface area contributed by atoms with Crippen LogP contribution in [0.1, 0.15) is 12.0 Å². The number of carbonyl (C=O) groups excluding carboxylic acids is 1. The Kier molecular flexibility index (Phi) is 7.23. The fourth-order valence-electron chi connectivity index (χ4n) is 2.69. The Morgan fingerprint density at radius 3 is 2.90 bits per heavy atom. The average Bonchev–Trinajstić information content (AvgIpc) is 3.28. The standard InChI is InChI=1S/C21H22FN3O5/c1-28-16-5-2-4-14(8-16)13-30-21(27)25-19-10-18(22)17(15-11-23-24-12-15)9-20(19)29-7-3-6-26/h2,4-5,8-12,26H,3,6-7,13H2,1H3,(H,23,24)(H,25,27). The molecule has 1 aromatic heterocycles. The van der Waals surface area contributed by atoms with Crippen LogP contribution < -0.4 is 14.8 Å². The number of halogens is 1. The van der Waals surface area contributed by atoms with Gasteiger partial charge in [-0.05, 0) is 23.8 Å². The number of hydrogen-bond acceptors (Lipinski definition) is 6. The number of aromatic nitrogens is 2. The van der Waals surface area contributed by atoms with Crippen molar-refractivity contribution in [3.63, 3.8) is 0 Å². The first-order valence-electron chi connectivity index (χ1n) is 9.23. The minimum absolute atomic E-state index is 0.0132. The number of hydrogen-bond donors (Lipinski definition) is 3. The average molecular weight is 415 g/mol. The van der Waals surface area contributed by atoms with E-state index in [-0.39, 0.29) is 36.8 Å². The van der Waals surface area contributed by atoms with Gasteiger partial charge in [-0.2, -0.15) is 5.10 Å². The van der Waals surface area contributed by atoms with Crippen LogP contribution in [0.3, 0.4) is 0 Å². The maximum Gasteiger partial charge on any atom is 0.412 e. The summed E-state index contributed by atoms with van der Waals surface area (Å²) in [5.74, 6) is 0.335. The Morgan fingerprint density at radius 2 is 2.17 bits per heavy atom. The lowest BCUT2D eigenvalue weighted by Gasteiger charge is -2.15. The number of anilines is 1. The third-order valence-electron chi connectivity index (χ3n) is 4.18. The lowest BCUT2D eigenvalue weighted by atomic mass is 10.1. The first-order valence-corrected chi connectivity index (χ1v) is 9.23. The van der Waals surface area contributed by atoms with Crippen LogP contribution in [0, 0.1) is 5.82 Å². The smallest absolute Gasteiger partial charge is 0.412 e. The highest BCUT2D eigenvalue weighted by molar-refractivity contribution is 5.87. The van der Waals surface area contributed by atoms with E-state index in [1.807, 2.05) is 0 Å². The molecular weight excluding hydrogens is 393 g/mol. The molecular formula is C21H22FN3O5. The van der Waals surface area contributed by atoms with E-state index in [4.69, 9.17) is 19.3 Å². The molecule has 0 saturated heterocycles. The third-order valence-corrected chi connectivity index (χ3v) is 4.18. The molecule has 0 radical (unpaired) electrons. The summed E-state index contributed by atoms with van der Waals surface area (Å²) in [6.45, 7) is 0.154. The second kappa shape index (κ2) is 10.3. The number of methoxy groups -OCH3 is 1. The van der Waals surface area contributed by atoms with Crippen LogP contribution in [-0.4, -0.2) is 41.7 Å². The minimum atomic E-state index is -0.764. The Labute approximate surface area is 172 Å². The molecule has 0 spiro atoms. The maximum absolute atomic E-state index is 14.6. The molecule has 2 aromatic carbocycles. The van der Waals surface area contributed by atoms with Gasteiger partial charge in [0.1, 0.15) is 23.9 Å². The summed E-state index contributed by atoms with van der Waals surface area (Å²) in [5, 5.41) is 17.9. The number of nitrogens with one attached hydrogen (secondary N) is 2. The molecule has 0 saturated carbocycles. The summed E-state index contributed by atoms with van der Waals surface area (Å²) < 4.78 is 30.6. The SMILES string of the molecule is COc1cccc(COC(=O)Nc2cc(F)c(-c3cn[nH]c3)cc2OCCCO)c1. The number of aliphatic hydroxyl groups excluding tert-OH is 1.